The molecule has 0 aromatic carbocycles. The summed E-state index contributed by atoms with van der Waals surface area (Å²) in [5.41, 5.74) is 0. The normalized spacial score (nSPS) is 8.50. The van der Waals surface area contributed by atoms with Gasteiger partial charge in [-0.2, -0.15) is 0 Å². The molecule has 0 aliphatic heterocycles. The van der Waals surface area contributed by atoms with E-state index in [-0.39, 0.29) is 17.0 Å². The zero-order valence-electron chi connectivity index (χ0n) is 3.95. The third kappa shape index (κ3) is 8.85. The fourth-order valence-electron chi connectivity index (χ4n) is 0.167. The minimum absolute atomic E-state index is 0. The van der Waals surface area contributed by atoms with E-state index in [2.05, 4.69) is 19.1 Å². The third-order valence-electron chi connectivity index (χ3n) is 0.402. The van der Waals surface area contributed by atoms with E-state index < -0.39 is 0 Å². The van der Waals surface area contributed by atoms with Crippen LogP contribution >= 0.6 is 0 Å². The van der Waals surface area contributed by atoms with Gasteiger partial charge in [0.15, 0.2) is 0 Å². The Balaban J connectivity index is 0. The van der Waals surface area contributed by atoms with E-state index in [1.54, 1.807) is 0 Å². The van der Waals surface area contributed by atoms with Gasteiger partial charge in [0.25, 0.3) is 0 Å². The average Bonchev–Trinajstić information content (AvgIpc) is 1.41. The number of hydrogen-bond acceptors (Lipinski definition) is 0. The van der Waals surface area contributed by atoms with Gasteiger partial charge in [-0.25, -0.2) is 0 Å². The van der Waals surface area contributed by atoms with Gasteiger partial charge in [-0.1, -0.05) is 0 Å². The number of hydrogen-bond donors (Lipinski definition) is 0. The van der Waals surface area contributed by atoms with Gasteiger partial charge in [0, 0.05) is 0 Å². The molecule has 0 heterocycles. The molecule has 0 aliphatic carbocycles. The van der Waals surface area contributed by atoms with Crippen LogP contribution in [0.25, 0.3) is 0 Å². The molecule has 32 valence electrons. The van der Waals surface area contributed by atoms with Crippen LogP contribution in [0.4, 0.5) is 0 Å². The monoisotopic (exact) mass is 198 g/mol. The average molecular weight is 200 g/mol. The van der Waals surface area contributed by atoms with Crippen LogP contribution in [-0.4, -0.2) is 0 Å². The van der Waals surface area contributed by atoms with Crippen LogP contribution in [0.15, 0.2) is 12.2 Å². The summed E-state index contributed by atoms with van der Waals surface area (Å²) >= 11 is 1.39. The first-order chi connectivity index (χ1) is 2.41. The molecule has 0 fully saturated rings. The summed E-state index contributed by atoms with van der Waals surface area (Å²) in [5, 5.41) is 1.29. The van der Waals surface area contributed by atoms with Gasteiger partial charge in [0.05, 0.1) is 0 Å². The van der Waals surface area contributed by atoms with Crippen molar-refractivity contribution < 1.29 is 35.3 Å². The van der Waals surface area contributed by atoms with Crippen molar-refractivity contribution in [3.63, 3.8) is 0 Å². The molecular weight excluding hydrogens is 193 g/mol. The van der Waals surface area contributed by atoms with Gasteiger partial charge in [-0.3, -0.25) is 0 Å². The molecule has 0 spiro atoms. The molecule has 0 aliphatic rings. The van der Waals surface area contributed by atoms with Gasteiger partial charge in [-0.15, -0.1) is 0 Å². The van der Waals surface area contributed by atoms with Crippen LogP contribution in [0.3, 0.4) is 0 Å². The Hall–Kier alpha value is 0.843. The molecule has 0 nitrogen and oxygen atoms in total. The summed E-state index contributed by atoms with van der Waals surface area (Å²) < 4.78 is 0. The van der Waals surface area contributed by atoms with Gasteiger partial charge >= 0.3 is 42.4 Å². The van der Waals surface area contributed by atoms with Crippen molar-refractivity contribution >= 4 is 0 Å². The molecule has 0 N–H and O–H groups in total. The Bertz CT molecular complexity index is 34.5. The van der Waals surface area contributed by atoms with E-state index in [9.17, 15) is 0 Å². The van der Waals surface area contributed by atoms with E-state index in [1.807, 2.05) is 0 Å². The van der Waals surface area contributed by atoms with Crippen molar-refractivity contribution in [3.05, 3.63) is 12.2 Å². The predicted octanol–water partition coefficient (Wildman–Crippen LogP) is -1.47. The van der Waals surface area contributed by atoms with E-state index in [0.29, 0.717) is 0 Å². The molecule has 0 radical (unpaired) electrons. The Morgan fingerprint density at radius 3 is 2.17 bits per heavy atom. The molecule has 0 amide bonds. The summed E-state index contributed by atoms with van der Waals surface area (Å²) in [4.78, 5) is 0. The number of rotatable bonds is 1. The molecule has 6 heavy (non-hydrogen) atoms. The zero-order chi connectivity index (χ0) is 4.12. The minimum atomic E-state index is 0. The van der Waals surface area contributed by atoms with E-state index in [4.69, 9.17) is 0 Å². The summed E-state index contributed by atoms with van der Waals surface area (Å²) in [6.07, 6.45) is 4.27. The molecule has 0 bridgehead atoms. The second kappa shape index (κ2) is 9.28. The predicted molar refractivity (Wildman–Crippen MR) is 19.6 cm³/mol. The summed E-state index contributed by atoms with van der Waals surface area (Å²) in [6, 6.07) is 0. The summed E-state index contributed by atoms with van der Waals surface area (Å²) in [6.45, 7) is 2.05. The molecule has 0 aromatic heterocycles. The first-order valence-corrected chi connectivity index (χ1v) is 3.92. The first kappa shape index (κ1) is 9.96. The van der Waals surface area contributed by atoms with Gasteiger partial charge in [-0.05, 0) is 0 Å². The molecule has 0 atom stereocenters. The summed E-state index contributed by atoms with van der Waals surface area (Å²) in [5.74, 6) is 0. The SMILES string of the molecule is C/C=C/[CH2][Zn+].[Br-]. The molecule has 2 heteroatoms. The van der Waals surface area contributed by atoms with Crippen molar-refractivity contribution in [2.75, 3.05) is 0 Å². The van der Waals surface area contributed by atoms with Crippen molar-refractivity contribution in [1.82, 2.24) is 0 Å². The van der Waals surface area contributed by atoms with Crippen molar-refractivity contribution in [2.45, 2.75) is 11.9 Å². The zero-order valence-corrected chi connectivity index (χ0v) is 8.50. The van der Waals surface area contributed by atoms with Crippen LogP contribution in [0, 0.1) is 0 Å². The molecule has 0 saturated heterocycles. The van der Waals surface area contributed by atoms with Gasteiger partial charge in [0.2, 0.25) is 0 Å². The number of halogens is 1. The fourth-order valence-corrected chi connectivity index (χ4v) is 0.866. The maximum Gasteiger partial charge on any atom is -1.00 e. The molecular formula is C4H7BrZn. The number of allylic oxidation sites excluding steroid dienone is 2. The second-order valence-corrected chi connectivity index (χ2v) is 2.07. The third-order valence-corrected chi connectivity index (χ3v) is 1.10. The van der Waals surface area contributed by atoms with Crippen LogP contribution < -0.4 is 17.0 Å². The molecule has 0 rings (SSSR count). The Morgan fingerprint density at radius 2 is 2.17 bits per heavy atom. The smallest absolute Gasteiger partial charge is 1.00 e. The Kier molecular flexibility index (Phi) is 15.4. The topological polar surface area (TPSA) is 0 Å². The van der Waals surface area contributed by atoms with Crippen molar-refractivity contribution in [2.24, 2.45) is 0 Å². The summed E-state index contributed by atoms with van der Waals surface area (Å²) in [7, 11) is 0. The molecule has 0 aromatic rings. The van der Waals surface area contributed by atoms with Gasteiger partial charge in [0.1, 0.15) is 0 Å². The Labute approximate surface area is 59.5 Å². The first-order valence-electron chi connectivity index (χ1n) is 1.82. The second-order valence-electron chi connectivity index (χ2n) is 0.858. The van der Waals surface area contributed by atoms with Crippen LogP contribution in [0.5, 0.6) is 0 Å². The largest absolute Gasteiger partial charge is 1.00 e. The molecule has 0 unspecified atom stereocenters. The van der Waals surface area contributed by atoms with Gasteiger partial charge < -0.3 is 17.0 Å². The Morgan fingerprint density at radius 1 is 1.67 bits per heavy atom. The van der Waals surface area contributed by atoms with Crippen molar-refractivity contribution in [1.29, 1.82) is 0 Å². The standard InChI is InChI=1S/C4H7.BrH.Zn/c1-3-4-2;;/h3-4H,1H2,2H3;1H;/q;;+1/p-1/b4-3+;;. The van der Waals surface area contributed by atoms with Crippen LogP contribution in [0.1, 0.15) is 6.92 Å². The molecule has 0 saturated carbocycles. The maximum atomic E-state index is 2.18. The van der Waals surface area contributed by atoms with Crippen molar-refractivity contribution in [3.8, 4) is 0 Å². The van der Waals surface area contributed by atoms with E-state index in [0.717, 1.165) is 0 Å². The van der Waals surface area contributed by atoms with Crippen LogP contribution in [-0.2, 0) is 18.3 Å². The quantitative estimate of drug-likeness (QED) is 0.358. The maximum absolute atomic E-state index is 2.18. The van der Waals surface area contributed by atoms with E-state index in [1.165, 1.54) is 23.3 Å². The van der Waals surface area contributed by atoms with Crippen LogP contribution in [0.2, 0.25) is 5.02 Å². The fraction of sp³-hybridized carbons (Fsp3) is 0.500. The minimum Gasteiger partial charge on any atom is -1.00 e. The van der Waals surface area contributed by atoms with E-state index >= 15 is 0 Å².